The summed E-state index contributed by atoms with van der Waals surface area (Å²) in [5, 5.41) is 0.870. The Labute approximate surface area is 109 Å². The van der Waals surface area contributed by atoms with Crippen LogP contribution in [0.4, 0.5) is 0 Å². The van der Waals surface area contributed by atoms with Gasteiger partial charge in [0, 0.05) is 30.2 Å². The van der Waals surface area contributed by atoms with E-state index in [0.29, 0.717) is 12.1 Å². The average Bonchev–Trinajstić information content (AvgIpc) is 2.29. The van der Waals surface area contributed by atoms with E-state index in [2.05, 4.69) is 20.9 Å². The number of amides is 1. The number of rotatable bonds is 5. The van der Waals surface area contributed by atoms with E-state index in [0.717, 1.165) is 11.8 Å². The van der Waals surface area contributed by atoms with Crippen LogP contribution in [0.2, 0.25) is 0 Å². The zero-order valence-corrected chi connectivity index (χ0v) is 11.7. The monoisotopic (exact) mass is 300 g/mol. The summed E-state index contributed by atoms with van der Waals surface area (Å²) in [6.07, 6.45) is 2.38. The maximum atomic E-state index is 12.2. The number of hydrogen-bond acceptors (Lipinski definition) is 2. The van der Waals surface area contributed by atoms with Crippen molar-refractivity contribution in [2.75, 3.05) is 11.9 Å². The second kappa shape index (κ2) is 6.59. The molecule has 0 atom stereocenters. The number of pyridine rings is 1. The van der Waals surface area contributed by atoms with E-state index in [1.54, 1.807) is 11.0 Å². The molecule has 0 saturated heterocycles. The van der Waals surface area contributed by atoms with Gasteiger partial charge in [0.15, 0.2) is 0 Å². The Kier molecular flexibility index (Phi) is 5.41. The molecule has 17 heavy (non-hydrogen) atoms. The zero-order chi connectivity index (χ0) is 12.8. The van der Waals surface area contributed by atoms with Gasteiger partial charge in [-0.1, -0.05) is 15.9 Å². The predicted molar refractivity (Wildman–Crippen MR) is 71.6 cm³/mol. The fourth-order valence-corrected chi connectivity index (χ4v) is 1.78. The standard InChI is InChI=1S/C12H17BrN2O2/c1-9(2)15(7-3-6-13)12(17)10-4-5-11(16)14-8-10/h4-5,8-9H,3,6-7H2,1-2H3,(H,14,16). The Morgan fingerprint density at radius 1 is 1.47 bits per heavy atom. The molecule has 4 nitrogen and oxygen atoms in total. The molecule has 0 aliphatic rings. The third kappa shape index (κ3) is 4.00. The van der Waals surface area contributed by atoms with Crippen LogP contribution in [0.5, 0.6) is 0 Å². The predicted octanol–water partition coefficient (Wildman–Crippen LogP) is 2.01. The maximum absolute atomic E-state index is 12.2. The summed E-state index contributed by atoms with van der Waals surface area (Å²) in [6.45, 7) is 4.68. The van der Waals surface area contributed by atoms with Crippen molar-refractivity contribution in [1.82, 2.24) is 9.88 Å². The lowest BCUT2D eigenvalue weighted by Crippen LogP contribution is -2.38. The Morgan fingerprint density at radius 2 is 2.18 bits per heavy atom. The van der Waals surface area contributed by atoms with E-state index in [-0.39, 0.29) is 17.5 Å². The molecule has 94 valence electrons. The number of aromatic amines is 1. The summed E-state index contributed by atoms with van der Waals surface area (Å²) in [5.74, 6) is -0.0443. The molecule has 1 N–H and O–H groups in total. The molecule has 0 aliphatic heterocycles. The molecule has 1 aromatic heterocycles. The first kappa shape index (κ1) is 14.0. The van der Waals surface area contributed by atoms with Crippen molar-refractivity contribution < 1.29 is 4.79 Å². The maximum Gasteiger partial charge on any atom is 0.255 e. The number of H-pyrrole nitrogens is 1. The van der Waals surface area contributed by atoms with Crippen LogP contribution in [0.3, 0.4) is 0 Å². The lowest BCUT2D eigenvalue weighted by atomic mass is 10.2. The molecule has 0 radical (unpaired) electrons. The second-order valence-corrected chi connectivity index (χ2v) is 4.87. The van der Waals surface area contributed by atoms with Crippen LogP contribution >= 0.6 is 15.9 Å². The first-order chi connectivity index (χ1) is 8.06. The molecule has 0 saturated carbocycles. The van der Waals surface area contributed by atoms with Crippen LogP contribution in [0.15, 0.2) is 23.1 Å². The molecule has 0 aromatic carbocycles. The van der Waals surface area contributed by atoms with Crippen LogP contribution in [-0.2, 0) is 0 Å². The number of nitrogens with zero attached hydrogens (tertiary/aromatic N) is 1. The minimum atomic E-state index is -0.196. The molecule has 0 fully saturated rings. The highest BCUT2D eigenvalue weighted by molar-refractivity contribution is 9.09. The van der Waals surface area contributed by atoms with Gasteiger partial charge in [0.2, 0.25) is 5.56 Å². The van der Waals surface area contributed by atoms with Crippen LogP contribution < -0.4 is 5.56 Å². The number of aromatic nitrogens is 1. The van der Waals surface area contributed by atoms with Gasteiger partial charge in [-0.05, 0) is 26.3 Å². The first-order valence-corrected chi connectivity index (χ1v) is 6.74. The van der Waals surface area contributed by atoms with Gasteiger partial charge in [-0.2, -0.15) is 0 Å². The van der Waals surface area contributed by atoms with Crippen molar-refractivity contribution in [3.63, 3.8) is 0 Å². The molecule has 0 spiro atoms. The second-order valence-electron chi connectivity index (χ2n) is 4.08. The summed E-state index contributed by atoms with van der Waals surface area (Å²) >= 11 is 3.36. The molecule has 5 heteroatoms. The van der Waals surface area contributed by atoms with E-state index in [1.165, 1.54) is 12.3 Å². The Bertz CT molecular complexity index is 408. The SMILES string of the molecule is CC(C)N(CCCBr)C(=O)c1ccc(=O)[nH]c1. The minimum absolute atomic E-state index is 0.0443. The van der Waals surface area contributed by atoms with Gasteiger partial charge in [-0.15, -0.1) is 0 Å². The Hall–Kier alpha value is -1.10. The normalized spacial score (nSPS) is 10.6. The van der Waals surface area contributed by atoms with Gasteiger partial charge in [0.05, 0.1) is 5.56 Å². The van der Waals surface area contributed by atoms with E-state index >= 15 is 0 Å². The minimum Gasteiger partial charge on any atom is -0.336 e. The van der Waals surface area contributed by atoms with Gasteiger partial charge in [-0.3, -0.25) is 9.59 Å². The molecule has 0 bridgehead atoms. The highest BCUT2D eigenvalue weighted by Gasteiger charge is 2.17. The molecule has 1 heterocycles. The van der Waals surface area contributed by atoms with Crippen molar-refractivity contribution in [3.05, 3.63) is 34.2 Å². The van der Waals surface area contributed by atoms with Crippen molar-refractivity contribution in [2.45, 2.75) is 26.3 Å². The number of halogens is 1. The van der Waals surface area contributed by atoms with E-state index < -0.39 is 0 Å². The Balaban J connectivity index is 2.83. The van der Waals surface area contributed by atoms with Crippen LogP contribution in [-0.4, -0.2) is 33.7 Å². The van der Waals surface area contributed by atoms with Gasteiger partial charge >= 0.3 is 0 Å². The highest BCUT2D eigenvalue weighted by Crippen LogP contribution is 2.08. The molecule has 1 aromatic rings. The van der Waals surface area contributed by atoms with Gasteiger partial charge in [-0.25, -0.2) is 0 Å². The fourth-order valence-electron chi connectivity index (χ4n) is 1.53. The smallest absolute Gasteiger partial charge is 0.255 e. The zero-order valence-electron chi connectivity index (χ0n) is 10.1. The number of carbonyl (C=O) groups is 1. The summed E-state index contributed by atoms with van der Waals surface area (Å²) in [4.78, 5) is 27.4. The fraction of sp³-hybridized carbons (Fsp3) is 0.500. The quantitative estimate of drug-likeness (QED) is 0.846. The molecular formula is C12H17BrN2O2. The van der Waals surface area contributed by atoms with Gasteiger partial charge < -0.3 is 9.88 Å². The van der Waals surface area contributed by atoms with E-state index in [4.69, 9.17) is 0 Å². The van der Waals surface area contributed by atoms with Crippen molar-refractivity contribution in [1.29, 1.82) is 0 Å². The highest BCUT2D eigenvalue weighted by atomic mass is 79.9. The molecule has 0 unspecified atom stereocenters. The van der Waals surface area contributed by atoms with Gasteiger partial charge in [0.25, 0.3) is 5.91 Å². The third-order valence-electron chi connectivity index (χ3n) is 2.45. The third-order valence-corrected chi connectivity index (χ3v) is 3.01. The van der Waals surface area contributed by atoms with Crippen molar-refractivity contribution in [3.8, 4) is 0 Å². The average molecular weight is 301 g/mol. The van der Waals surface area contributed by atoms with Crippen LogP contribution in [0.1, 0.15) is 30.6 Å². The number of alkyl halides is 1. The largest absolute Gasteiger partial charge is 0.336 e. The Morgan fingerprint density at radius 3 is 2.65 bits per heavy atom. The van der Waals surface area contributed by atoms with E-state index in [1.807, 2.05) is 13.8 Å². The van der Waals surface area contributed by atoms with Crippen molar-refractivity contribution >= 4 is 21.8 Å². The van der Waals surface area contributed by atoms with Gasteiger partial charge in [0.1, 0.15) is 0 Å². The molecule has 1 rings (SSSR count). The summed E-state index contributed by atoms with van der Waals surface area (Å²) < 4.78 is 0. The number of nitrogens with one attached hydrogen (secondary N) is 1. The lowest BCUT2D eigenvalue weighted by molar-refractivity contribution is 0.0706. The molecular weight excluding hydrogens is 284 g/mol. The number of carbonyl (C=O) groups excluding carboxylic acids is 1. The lowest BCUT2D eigenvalue weighted by Gasteiger charge is -2.26. The van der Waals surface area contributed by atoms with Crippen LogP contribution in [0.25, 0.3) is 0 Å². The molecule has 1 amide bonds. The van der Waals surface area contributed by atoms with Crippen molar-refractivity contribution in [2.24, 2.45) is 0 Å². The van der Waals surface area contributed by atoms with E-state index in [9.17, 15) is 9.59 Å². The first-order valence-electron chi connectivity index (χ1n) is 5.62. The molecule has 0 aliphatic carbocycles. The summed E-state index contributed by atoms with van der Waals surface area (Å²) in [6, 6.07) is 3.08. The summed E-state index contributed by atoms with van der Waals surface area (Å²) in [7, 11) is 0. The topological polar surface area (TPSA) is 53.2 Å². The number of hydrogen-bond donors (Lipinski definition) is 1. The van der Waals surface area contributed by atoms with Crippen LogP contribution in [0, 0.1) is 0 Å². The summed E-state index contributed by atoms with van der Waals surface area (Å²) in [5.41, 5.74) is 0.325.